The van der Waals surface area contributed by atoms with Crippen molar-refractivity contribution in [3.63, 3.8) is 0 Å². The molecule has 1 heterocycles. The second-order valence-corrected chi connectivity index (χ2v) is 6.63. The highest BCUT2D eigenvalue weighted by molar-refractivity contribution is 5.49. The molecule has 0 saturated carbocycles. The van der Waals surface area contributed by atoms with Crippen molar-refractivity contribution in [1.29, 1.82) is 0 Å². The van der Waals surface area contributed by atoms with Crippen LogP contribution in [0.25, 0.3) is 0 Å². The lowest BCUT2D eigenvalue weighted by molar-refractivity contribution is 0.0662. The molecule has 1 fully saturated rings. The van der Waals surface area contributed by atoms with Crippen LogP contribution in [0.1, 0.15) is 0 Å². The van der Waals surface area contributed by atoms with E-state index in [4.69, 9.17) is 14.2 Å². The van der Waals surface area contributed by atoms with Crippen LogP contribution in [0, 0.1) is 0 Å². The van der Waals surface area contributed by atoms with Crippen molar-refractivity contribution in [2.45, 2.75) is 6.10 Å². The molecule has 0 aromatic heterocycles. The van der Waals surface area contributed by atoms with Crippen molar-refractivity contribution < 1.29 is 19.3 Å². The lowest BCUT2D eigenvalue weighted by atomic mass is 10.2. The van der Waals surface area contributed by atoms with Gasteiger partial charge in [0.15, 0.2) is 0 Å². The molecule has 1 saturated heterocycles. The number of piperazine rings is 1. The summed E-state index contributed by atoms with van der Waals surface area (Å²) in [4.78, 5) is 4.63. The Morgan fingerprint density at radius 1 is 0.889 bits per heavy atom. The van der Waals surface area contributed by atoms with Crippen LogP contribution in [-0.4, -0.2) is 69.7 Å². The predicted molar refractivity (Wildman–Crippen MR) is 106 cm³/mol. The summed E-state index contributed by atoms with van der Waals surface area (Å²) in [6, 6.07) is 15.6. The molecule has 1 aliphatic heterocycles. The first kappa shape index (κ1) is 19.3. The molecular weight excluding hydrogens is 344 g/mol. The minimum atomic E-state index is -0.524. The summed E-state index contributed by atoms with van der Waals surface area (Å²) in [5, 5.41) is 10.3. The van der Waals surface area contributed by atoms with Gasteiger partial charge in [0.2, 0.25) is 0 Å². The highest BCUT2D eigenvalue weighted by Gasteiger charge is 2.20. The fraction of sp³-hybridized carbons (Fsp3) is 0.429. The average molecular weight is 372 g/mol. The Balaban J connectivity index is 1.41. The molecule has 0 amide bonds. The van der Waals surface area contributed by atoms with E-state index in [2.05, 4.69) is 21.9 Å². The number of hydrogen-bond donors (Lipinski definition) is 1. The summed E-state index contributed by atoms with van der Waals surface area (Å²) >= 11 is 0. The van der Waals surface area contributed by atoms with Crippen molar-refractivity contribution in [3.05, 3.63) is 48.5 Å². The van der Waals surface area contributed by atoms with E-state index in [1.165, 1.54) is 5.69 Å². The van der Waals surface area contributed by atoms with Crippen LogP contribution in [0.3, 0.4) is 0 Å². The number of hydrogen-bond acceptors (Lipinski definition) is 6. The SMILES string of the molecule is COc1ccc(N2CCN(CC(O)COc3cccc(OC)c3)CC2)cc1. The second kappa shape index (κ2) is 9.48. The first-order chi connectivity index (χ1) is 13.2. The molecule has 0 spiro atoms. The maximum atomic E-state index is 10.3. The lowest BCUT2D eigenvalue weighted by Crippen LogP contribution is -2.49. The van der Waals surface area contributed by atoms with Gasteiger partial charge in [0.25, 0.3) is 0 Å². The Labute approximate surface area is 160 Å². The van der Waals surface area contributed by atoms with E-state index in [-0.39, 0.29) is 6.61 Å². The molecule has 27 heavy (non-hydrogen) atoms. The molecule has 0 radical (unpaired) electrons. The van der Waals surface area contributed by atoms with Crippen LogP contribution >= 0.6 is 0 Å². The zero-order chi connectivity index (χ0) is 19.1. The van der Waals surface area contributed by atoms with Gasteiger partial charge in [-0.2, -0.15) is 0 Å². The minimum absolute atomic E-state index is 0.270. The summed E-state index contributed by atoms with van der Waals surface area (Å²) in [6.45, 7) is 4.60. The van der Waals surface area contributed by atoms with Crippen LogP contribution in [0.2, 0.25) is 0 Å². The van der Waals surface area contributed by atoms with Gasteiger partial charge in [-0.3, -0.25) is 4.90 Å². The number of ether oxygens (including phenoxy) is 3. The molecule has 1 atom stereocenters. The summed E-state index contributed by atoms with van der Waals surface area (Å²) in [5.74, 6) is 2.32. The quantitative estimate of drug-likeness (QED) is 0.767. The van der Waals surface area contributed by atoms with Crippen molar-refractivity contribution in [2.75, 3.05) is 58.5 Å². The van der Waals surface area contributed by atoms with E-state index in [0.717, 1.165) is 37.7 Å². The normalized spacial score (nSPS) is 16.0. The number of rotatable bonds is 8. The van der Waals surface area contributed by atoms with E-state index in [1.54, 1.807) is 14.2 Å². The molecule has 1 N–H and O–H groups in total. The van der Waals surface area contributed by atoms with Gasteiger partial charge in [-0.15, -0.1) is 0 Å². The van der Waals surface area contributed by atoms with Gasteiger partial charge in [-0.1, -0.05) is 6.07 Å². The highest BCUT2D eigenvalue weighted by Crippen LogP contribution is 2.21. The van der Waals surface area contributed by atoms with Crippen LogP contribution in [-0.2, 0) is 0 Å². The molecule has 0 bridgehead atoms. The molecule has 3 rings (SSSR count). The molecule has 6 heteroatoms. The smallest absolute Gasteiger partial charge is 0.123 e. The fourth-order valence-electron chi connectivity index (χ4n) is 3.22. The first-order valence-electron chi connectivity index (χ1n) is 9.24. The number of β-amino-alcohol motifs (C(OH)–C–C–N with tert-alkyl or cyclic N) is 1. The van der Waals surface area contributed by atoms with Gasteiger partial charge in [0.05, 0.1) is 14.2 Å². The molecule has 146 valence electrons. The predicted octanol–water partition coefficient (Wildman–Crippen LogP) is 2.27. The average Bonchev–Trinajstić information content (AvgIpc) is 2.73. The highest BCUT2D eigenvalue weighted by atomic mass is 16.5. The van der Waals surface area contributed by atoms with Crippen molar-refractivity contribution in [3.8, 4) is 17.2 Å². The number of anilines is 1. The van der Waals surface area contributed by atoms with Crippen LogP contribution in [0.4, 0.5) is 5.69 Å². The molecular formula is C21H28N2O4. The van der Waals surface area contributed by atoms with Gasteiger partial charge in [0, 0.05) is 44.5 Å². The number of benzene rings is 2. The Bertz CT molecular complexity index is 700. The number of aliphatic hydroxyl groups is 1. The topological polar surface area (TPSA) is 54.4 Å². The standard InChI is InChI=1S/C21H28N2O4/c1-25-19-8-6-17(7-9-19)23-12-10-22(11-13-23)15-18(24)16-27-21-5-3-4-20(14-21)26-2/h3-9,14,18,24H,10-13,15-16H2,1-2H3. The molecule has 2 aromatic rings. The second-order valence-electron chi connectivity index (χ2n) is 6.63. The van der Waals surface area contributed by atoms with Gasteiger partial charge in [0.1, 0.15) is 30.0 Å². The Kier molecular flexibility index (Phi) is 6.79. The lowest BCUT2D eigenvalue weighted by Gasteiger charge is -2.36. The zero-order valence-electron chi connectivity index (χ0n) is 16.0. The first-order valence-corrected chi connectivity index (χ1v) is 9.24. The Morgan fingerprint density at radius 2 is 1.56 bits per heavy atom. The summed E-state index contributed by atoms with van der Waals surface area (Å²) in [6.07, 6.45) is -0.524. The summed E-state index contributed by atoms with van der Waals surface area (Å²) in [5.41, 5.74) is 1.21. The van der Waals surface area contributed by atoms with Gasteiger partial charge in [-0.25, -0.2) is 0 Å². The van der Waals surface area contributed by atoms with Crippen molar-refractivity contribution in [2.24, 2.45) is 0 Å². The molecule has 1 unspecified atom stereocenters. The number of aliphatic hydroxyl groups excluding tert-OH is 1. The molecule has 6 nitrogen and oxygen atoms in total. The fourth-order valence-corrected chi connectivity index (χ4v) is 3.22. The van der Waals surface area contributed by atoms with E-state index in [0.29, 0.717) is 12.3 Å². The summed E-state index contributed by atoms with van der Waals surface area (Å²) < 4.78 is 16.1. The van der Waals surface area contributed by atoms with E-state index < -0.39 is 6.10 Å². The maximum absolute atomic E-state index is 10.3. The number of methoxy groups -OCH3 is 2. The third-order valence-corrected chi connectivity index (χ3v) is 4.76. The van der Waals surface area contributed by atoms with Crippen molar-refractivity contribution >= 4 is 5.69 Å². The van der Waals surface area contributed by atoms with E-state index >= 15 is 0 Å². The summed E-state index contributed by atoms with van der Waals surface area (Å²) in [7, 11) is 3.30. The molecule has 1 aliphatic rings. The Hall–Kier alpha value is -2.44. The maximum Gasteiger partial charge on any atom is 0.123 e. The largest absolute Gasteiger partial charge is 0.497 e. The van der Waals surface area contributed by atoms with Gasteiger partial charge >= 0.3 is 0 Å². The number of nitrogens with zero attached hydrogens (tertiary/aromatic N) is 2. The van der Waals surface area contributed by atoms with Crippen molar-refractivity contribution in [1.82, 2.24) is 4.90 Å². The monoisotopic (exact) mass is 372 g/mol. The Morgan fingerprint density at radius 3 is 2.22 bits per heavy atom. The van der Waals surface area contributed by atoms with E-state index in [9.17, 15) is 5.11 Å². The van der Waals surface area contributed by atoms with E-state index in [1.807, 2.05) is 36.4 Å². The van der Waals surface area contributed by atoms with Crippen LogP contribution < -0.4 is 19.1 Å². The van der Waals surface area contributed by atoms with Gasteiger partial charge < -0.3 is 24.2 Å². The zero-order valence-corrected chi connectivity index (χ0v) is 16.0. The molecule has 0 aliphatic carbocycles. The molecule has 2 aromatic carbocycles. The minimum Gasteiger partial charge on any atom is -0.497 e. The van der Waals surface area contributed by atoms with Gasteiger partial charge in [-0.05, 0) is 36.4 Å². The third kappa shape index (κ3) is 5.52. The van der Waals surface area contributed by atoms with Crippen LogP contribution in [0.5, 0.6) is 17.2 Å². The third-order valence-electron chi connectivity index (χ3n) is 4.76. The van der Waals surface area contributed by atoms with Crippen LogP contribution in [0.15, 0.2) is 48.5 Å².